The molecule has 0 spiro atoms. The lowest BCUT2D eigenvalue weighted by atomic mass is 10.3. The Bertz CT molecular complexity index is 428. The molecule has 0 aromatic carbocycles. The van der Waals surface area contributed by atoms with E-state index in [1.165, 1.54) is 12.8 Å². The molecule has 1 aromatic heterocycles. The zero-order chi connectivity index (χ0) is 12.5. The van der Waals surface area contributed by atoms with E-state index >= 15 is 0 Å². The summed E-state index contributed by atoms with van der Waals surface area (Å²) in [5, 5.41) is 4.35. The van der Waals surface area contributed by atoms with Crippen LogP contribution in [0.4, 0.5) is 0 Å². The molecule has 0 radical (unpaired) electrons. The number of hydrogen-bond donors (Lipinski definition) is 0. The number of hydrogen-bond acceptors (Lipinski definition) is 3. The van der Waals surface area contributed by atoms with Crippen LogP contribution in [0.25, 0.3) is 0 Å². The summed E-state index contributed by atoms with van der Waals surface area (Å²) in [6.07, 6.45) is 3.47. The van der Waals surface area contributed by atoms with Gasteiger partial charge < -0.3 is 9.64 Å². The number of rotatable bonds is 4. The van der Waals surface area contributed by atoms with E-state index in [2.05, 4.69) is 5.10 Å². The molecule has 98 valence electrons. The molecule has 1 aliphatic carbocycles. The maximum Gasteiger partial charge on any atom is 0.274 e. The molecule has 2 aliphatic rings. The van der Waals surface area contributed by atoms with Crippen LogP contribution in [0.3, 0.4) is 0 Å². The Labute approximate surface area is 107 Å². The summed E-state index contributed by atoms with van der Waals surface area (Å²) in [5.41, 5.74) is 0.523. The number of nitrogens with zero attached hydrogens (tertiary/aromatic N) is 3. The fourth-order valence-corrected chi connectivity index (χ4v) is 2.30. The number of aromatic nitrogens is 2. The zero-order valence-electron chi connectivity index (χ0n) is 10.8. The summed E-state index contributed by atoms with van der Waals surface area (Å²) in [6, 6.07) is 1.77. The van der Waals surface area contributed by atoms with Gasteiger partial charge in [0.1, 0.15) is 0 Å². The summed E-state index contributed by atoms with van der Waals surface area (Å²) in [5.74, 6) is 1.48. The number of ether oxygens (including phenoxy) is 1. The third-order valence-corrected chi connectivity index (χ3v) is 3.57. The fraction of sp³-hybridized carbons (Fsp3) is 0.692. The van der Waals surface area contributed by atoms with Gasteiger partial charge in [0.25, 0.3) is 5.91 Å². The molecule has 2 heterocycles. The van der Waals surface area contributed by atoms with Gasteiger partial charge in [-0.2, -0.15) is 5.10 Å². The second-order valence-electron chi connectivity index (χ2n) is 5.08. The van der Waals surface area contributed by atoms with Crippen LogP contribution >= 0.6 is 0 Å². The van der Waals surface area contributed by atoms with E-state index in [0.717, 1.165) is 38.5 Å². The van der Waals surface area contributed by atoms with Crippen LogP contribution in [0, 0.1) is 5.92 Å². The number of aryl methyl sites for hydroxylation is 1. The molecule has 18 heavy (non-hydrogen) atoms. The average molecular weight is 249 g/mol. The first-order chi connectivity index (χ1) is 8.78. The van der Waals surface area contributed by atoms with E-state index in [4.69, 9.17) is 4.74 Å². The molecule has 0 atom stereocenters. The predicted molar refractivity (Wildman–Crippen MR) is 66.6 cm³/mol. The van der Waals surface area contributed by atoms with Crippen molar-refractivity contribution in [3.8, 4) is 5.88 Å². The van der Waals surface area contributed by atoms with Crippen LogP contribution < -0.4 is 4.74 Å². The van der Waals surface area contributed by atoms with Crippen molar-refractivity contribution in [3.05, 3.63) is 11.8 Å². The smallest absolute Gasteiger partial charge is 0.274 e. The highest BCUT2D eigenvalue weighted by atomic mass is 16.5. The minimum absolute atomic E-state index is 0.0369. The van der Waals surface area contributed by atoms with Crippen molar-refractivity contribution in [3.63, 3.8) is 0 Å². The van der Waals surface area contributed by atoms with E-state index in [1.54, 1.807) is 10.7 Å². The number of amides is 1. The van der Waals surface area contributed by atoms with Gasteiger partial charge in [-0.25, -0.2) is 4.68 Å². The molecule has 0 saturated heterocycles. The Morgan fingerprint density at radius 2 is 2.44 bits per heavy atom. The van der Waals surface area contributed by atoms with Crippen molar-refractivity contribution in [1.29, 1.82) is 0 Å². The highest BCUT2D eigenvalue weighted by molar-refractivity contribution is 5.92. The standard InChI is InChI=1S/C13H19N3O2/c1-2-15(9-10-4-5-10)13(17)11-8-12-16(14-11)6-3-7-18-12/h8,10H,2-7,9H2,1H3. The Kier molecular flexibility index (Phi) is 2.97. The van der Waals surface area contributed by atoms with E-state index in [1.807, 2.05) is 11.8 Å². The van der Waals surface area contributed by atoms with Crippen LogP contribution in [-0.2, 0) is 6.54 Å². The lowest BCUT2D eigenvalue weighted by molar-refractivity contribution is 0.0750. The van der Waals surface area contributed by atoms with E-state index in [0.29, 0.717) is 11.6 Å². The van der Waals surface area contributed by atoms with Crippen molar-refractivity contribution in [2.75, 3.05) is 19.7 Å². The molecule has 1 fully saturated rings. The Hall–Kier alpha value is -1.52. The molecule has 5 nitrogen and oxygen atoms in total. The molecule has 0 N–H and O–H groups in total. The van der Waals surface area contributed by atoms with E-state index in [9.17, 15) is 4.79 Å². The topological polar surface area (TPSA) is 47.4 Å². The lowest BCUT2D eigenvalue weighted by Gasteiger charge is -2.19. The van der Waals surface area contributed by atoms with Crippen LogP contribution in [-0.4, -0.2) is 40.3 Å². The number of fused-ring (bicyclic) bond motifs is 1. The van der Waals surface area contributed by atoms with Gasteiger partial charge in [0, 0.05) is 32.1 Å². The van der Waals surface area contributed by atoms with Gasteiger partial charge in [0.05, 0.1) is 6.61 Å². The first kappa shape index (κ1) is 11.6. The first-order valence-electron chi connectivity index (χ1n) is 6.78. The van der Waals surface area contributed by atoms with Crippen LogP contribution in [0.5, 0.6) is 5.88 Å². The Morgan fingerprint density at radius 1 is 1.61 bits per heavy atom. The second-order valence-corrected chi connectivity index (χ2v) is 5.08. The average Bonchev–Trinajstić information content (AvgIpc) is 3.10. The first-order valence-corrected chi connectivity index (χ1v) is 6.78. The van der Waals surface area contributed by atoms with Gasteiger partial charge in [-0.15, -0.1) is 0 Å². The molecule has 3 rings (SSSR count). The molecule has 1 aromatic rings. The minimum Gasteiger partial charge on any atom is -0.478 e. The fourth-order valence-electron chi connectivity index (χ4n) is 2.30. The monoisotopic (exact) mass is 249 g/mol. The molecule has 1 aliphatic heterocycles. The highest BCUT2D eigenvalue weighted by Crippen LogP contribution is 2.30. The summed E-state index contributed by atoms with van der Waals surface area (Å²) in [4.78, 5) is 14.2. The van der Waals surface area contributed by atoms with Gasteiger partial charge in [-0.1, -0.05) is 0 Å². The van der Waals surface area contributed by atoms with Crippen molar-refractivity contribution < 1.29 is 9.53 Å². The maximum atomic E-state index is 12.4. The molecule has 0 unspecified atom stereocenters. The van der Waals surface area contributed by atoms with Crippen LogP contribution in [0.1, 0.15) is 36.7 Å². The summed E-state index contributed by atoms with van der Waals surface area (Å²) in [6.45, 7) is 5.21. The van der Waals surface area contributed by atoms with Crippen molar-refractivity contribution >= 4 is 5.91 Å². The van der Waals surface area contributed by atoms with Crippen molar-refractivity contribution in [2.45, 2.75) is 32.7 Å². The van der Waals surface area contributed by atoms with Gasteiger partial charge in [-0.3, -0.25) is 4.79 Å². The Morgan fingerprint density at radius 3 is 3.11 bits per heavy atom. The van der Waals surface area contributed by atoms with E-state index < -0.39 is 0 Å². The minimum atomic E-state index is 0.0369. The SMILES string of the molecule is CCN(CC1CC1)C(=O)c1cc2n(n1)CCCO2. The van der Waals surface area contributed by atoms with Gasteiger partial charge in [-0.05, 0) is 25.7 Å². The molecule has 1 saturated carbocycles. The second kappa shape index (κ2) is 4.63. The van der Waals surface area contributed by atoms with Gasteiger partial charge in [0.15, 0.2) is 5.69 Å². The largest absolute Gasteiger partial charge is 0.478 e. The summed E-state index contributed by atoms with van der Waals surface area (Å²) < 4.78 is 7.28. The molecular formula is C13H19N3O2. The maximum absolute atomic E-state index is 12.4. The summed E-state index contributed by atoms with van der Waals surface area (Å²) >= 11 is 0. The van der Waals surface area contributed by atoms with Crippen LogP contribution in [0.15, 0.2) is 6.07 Å². The summed E-state index contributed by atoms with van der Waals surface area (Å²) in [7, 11) is 0. The molecular weight excluding hydrogens is 230 g/mol. The van der Waals surface area contributed by atoms with Gasteiger partial charge in [0.2, 0.25) is 5.88 Å². The third-order valence-electron chi connectivity index (χ3n) is 3.57. The zero-order valence-corrected chi connectivity index (χ0v) is 10.8. The molecule has 1 amide bonds. The third kappa shape index (κ3) is 2.21. The number of carbonyl (C=O) groups excluding carboxylic acids is 1. The lowest BCUT2D eigenvalue weighted by Crippen LogP contribution is -2.33. The quantitative estimate of drug-likeness (QED) is 0.813. The predicted octanol–water partition coefficient (Wildman–Crippen LogP) is 1.54. The van der Waals surface area contributed by atoms with Crippen molar-refractivity contribution in [1.82, 2.24) is 14.7 Å². The normalized spacial score (nSPS) is 18.1. The van der Waals surface area contributed by atoms with E-state index in [-0.39, 0.29) is 5.91 Å². The molecule has 0 bridgehead atoms. The van der Waals surface area contributed by atoms with Crippen LogP contribution in [0.2, 0.25) is 0 Å². The Balaban J connectivity index is 1.75. The number of carbonyl (C=O) groups is 1. The van der Waals surface area contributed by atoms with Gasteiger partial charge >= 0.3 is 0 Å². The molecule has 5 heteroatoms. The highest BCUT2D eigenvalue weighted by Gasteiger charge is 2.28. The van der Waals surface area contributed by atoms with Crippen molar-refractivity contribution in [2.24, 2.45) is 5.92 Å².